The fraction of sp³-hybridized carbons (Fsp3) is 1.00. The molecule has 0 radical (unpaired) electrons. The average Bonchev–Trinajstić information content (AvgIpc) is 2.13. The highest BCUT2D eigenvalue weighted by molar-refractivity contribution is 7.92. The third kappa shape index (κ3) is 1.47. The first-order valence-corrected chi connectivity index (χ1v) is 4.97. The Hall–Kier alpha value is -0.130. The van der Waals surface area contributed by atoms with E-state index in [1.165, 1.54) is 0 Å². The first-order chi connectivity index (χ1) is 4.67. The molecule has 0 saturated carbocycles. The first kappa shape index (κ1) is 7.97. The third-order valence-electron chi connectivity index (χ3n) is 1.78. The summed E-state index contributed by atoms with van der Waals surface area (Å²) in [7, 11) is -2.87. The van der Waals surface area contributed by atoms with Crippen molar-refractivity contribution >= 4 is 9.84 Å². The fourth-order valence-electron chi connectivity index (χ4n) is 1.19. The van der Waals surface area contributed by atoms with Crippen molar-refractivity contribution in [2.45, 2.75) is 18.1 Å². The van der Waals surface area contributed by atoms with Gasteiger partial charge in [0.1, 0.15) is 0 Å². The molecule has 2 N–H and O–H groups in total. The van der Waals surface area contributed by atoms with Crippen LogP contribution in [0.5, 0.6) is 0 Å². The second-order valence-electron chi connectivity index (χ2n) is 2.49. The monoisotopic (exact) mass is 165 g/mol. The molecule has 1 aliphatic rings. The summed E-state index contributed by atoms with van der Waals surface area (Å²) in [5.74, 6) is 0.277. The van der Waals surface area contributed by atoms with Gasteiger partial charge in [-0.15, -0.1) is 0 Å². The normalized spacial score (nSPS) is 30.7. The maximum atomic E-state index is 11.0. The maximum absolute atomic E-state index is 11.0. The van der Waals surface area contributed by atoms with Crippen LogP contribution < -0.4 is 5.48 Å². The molecule has 10 heavy (non-hydrogen) atoms. The first-order valence-electron chi connectivity index (χ1n) is 3.25. The minimum atomic E-state index is -2.87. The molecule has 1 rings (SSSR count). The van der Waals surface area contributed by atoms with Crippen molar-refractivity contribution in [1.29, 1.82) is 0 Å². The van der Waals surface area contributed by atoms with E-state index in [2.05, 4.69) is 0 Å². The van der Waals surface area contributed by atoms with Crippen LogP contribution in [0.1, 0.15) is 12.8 Å². The number of nitrogens with one attached hydrogen (secondary N) is 1. The second-order valence-corrected chi connectivity index (χ2v) is 4.89. The Balaban J connectivity index is 2.60. The molecule has 60 valence electrons. The van der Waals surface area contributed by atoms with Gasteiger partial charge in [-0.05, 0) is 12.8 Å². The van der Waals surface area contributed by atoms with Crippen LogP contribution in [0.25, 0.3) is 0 Å². The van der Waals surface area contributed by atoms with Crippen LogP contribution in [0.4, 0.5) is 0 Å². The van der Waals surface area contributed by atoms with E-state index in [9.17, 15) is 8.42 Å². The van der Waals surface area contributed by atoms with E-state index in [4.69, 9.17) is 5.21 Å². The zero-order valence-electron chi connectivity index (χ0n) is 5.58. The van der Waals surface area contributed by atoms with Crippen molar-refractivity contribution in [3.8, 4) is 0 Å². The summed E-state index contributed by atoms with van der Waals surface area (Å²) in [5.41, 5.74) is 1.89. The van der Waals surface area contributed by atoms with Gasteiger partial charge in [0.25, 0.3) is 0 Å². The largest absolute Gasteiger partial charge is 0.317 e. The SMILES string of the molecule is O=S1(=O)CCCC1CNO. The summed E-state index contributed by atoms with van der Waals surface area (Å²) in [6.07, 6.45) is 1.41. The van der Waals surface area contributed by atoms with Crippen LogP contribution in [0, 0.1) is 0 Å². The lowest BCUT2D eigenvalue weighted by molar-refractivity contribution is 0.166. The molecule has 1 saturated heterocycles. The fourth-order valence-corrected chi connectivity index (χ4v) is 2.95. The van der Waals surface area contributed by atoms with Crippen LogP contribution in [0.2, 0.25) is 0 Å². The predicted octanol–water partition coefficient (Wildman–Crippen LogP) is -0.458. The van der Waals surface area contributed by atoms with Crippen molar-refractivity contribution in [2.75, 3.05) is 12.3 Å². The molecule has 0 aromatic rings. The van der Waals surface area contributed by atoms with Crippen LogP contribution in [-0.4, -0.2) is 31.2 Å². The zero-order chi connectivity index (χ0) is 7.61. The van der Waals surface area contributed by atoms with E-state index in [-0.39, 0.29) is 17.5 Å². The molecule has 0 aromatic carbocycles. The predicted molar refractivity (Wildman–Crippen MR) is 36.6 cm³/mol. The molecule has 0 bridgehead atoms. The summed E-state index contributed by atoms with van der Waals surface area (Å²) in [6.45, 7) is 0.169. The van der Waals surface area contributed by atoms with E-state index >= 15 is 0 Å². The van der Waals surface area contributed by atoms with Crippen molar-refractivity contribution in [3.63, 3.8) is 0 Å². The quantitative estimate of drug-likeness (QED) is 0.543. The number of sulfone groups is 1. The van der Waals surface area contributed by atoms with Crippen molar-refractivity contribution in [1.82, 2.24) is 5.48 Å². The van der Waals surface area contributed by atoms with Crippen LogP contribution in [0.3, 0.4) is 0 Å². The van der Waals surface area contributed by atoms with Crippen LogP contribution in [-0.2, 0) is 9.84 Å². The number of hydrogen-bond acceptors (Lipinski definition) is 4. The van der Waals surface area contributed by atoms with E-state index in [0.717, 1.165) is 6.42 Å². The highest BCUT2D eigenvalue weighted by Crippen LogP contribution is 2.18. The lowest BCUT2D eigenvalue weighted by Gasteiger charge is -2.05. The lowest BCUT2D eigenvalue weighted by atomic mass is 10.2. The van der Waals surface area contributed by atoms with Gasteiger partial charge >= 0.3 is 0 Å². The van der Waals surface area contributed by atoms with Gasteiger partial charge in [-0.25, -0.2) is 13.9 Å². The van der Waals surface area contributed by atoms with Crippen molar-refractivity contribution < 1.29 is 13.6 Å². The van der Waals surface area contributed by atoms with E-state index in [1.807, 2.05) is 5.48 Å². The molecular formula is C5H11NO3S. The third-order valence-corrected chi connectivity index (χ3v) is 4.06. The Morgan fingerprint density at radius 3 is 2.70 bits per heavy atom. The van der Waals surface area contributed by atoms with Crippen LogP contribution in [0.15, 0.2) is 0 Å². The zero-order valence-corrected chi connectivity index (χ0v) is 6.39. The minimum absolute atomic E-state index is 0.169. The highest BCUT2D eigenvalue weighted by Gasteiger charge is 2.30. The smallest absolute Gasteiger partial charge is 0.154 e. The van der Waals surface area contributed by atoms with Gasteiger partial charge in [0, 0.05) is 6.54 Å². The molecule has 0 spiro atoms. The Bertz CT molecular complexity index is 199. The molecule has 5 heteroatoms. The summed E-state index contributed by atoms with van der Waals surface area (Å²) < 4.78 is 22.0. The van der Waals surface area contributed by atoms with E-state index in [1.54, 1.807) is 0 Å². The van der Waals surface area contributed by atoms with Gasteiger partial charge in [-0.2, -0.15) is 0 Å². The highest BCUT2D eigenvalue weighted by atomic mass is 32.2. The Labute approximate surface area is 60.1 Å². The van der Waals surface area contributed by atoms with Gasteiger partial charge < -0.3 is 5.21 Å². The summed E-state index contributed by atoms with van der Waals surface area (Å²) >= 11 is 0. The standard InChI is InChI=1S/C5H11NO3S/c7-6-4-5-2-1-3-10(5,8)9/h5-7H,1-4H2. The lowest BCUT2D eigenvalue weighted by Crippen LogP contribution is -2.28. The molecule has 1 aliphatic heterocycles. The van der Waals surface area contributed by atoms with E-state index in [0.29, 0.717) is 6.42 Å². The topological polar surface area (TPSA) is 66.4 Å². The number of hydroxylamine groups is 1. The summed E-state index contributed by atoms with van der Waals surface area (Å²) in [4.78, 5) is 0. The Morgan fingerprint density at radius 1 is 1.60 bits per heavy atom. The van der Waals surface area contributed by atoms with Gasteiger partial charge in [-0.1, -0.05) is 0 Å². The Kier molecular flexibility index (Phi) is 2.28. The minimum Gasteiger partial charge on any atom is -0.317 e. The van der Waals surface area contributed by atoms with Crippen LogP contribution >= 0.6 is 0 Å². The maximum Gasteiger partial charge on any atom is 0.154 e. The molecule has 1 heterocycles. The molecule has 4 nitrogen and oxygen atoms in total. The Morgan fingerprint density at radius 2 is 2.30 bits per heavy atom. The molecule has 0 aromatic heterocycles. The summed E-state index contributed by atoms with van der Waals surface area (Å²) in [5, 5.41) is 7.88. The second kappa shape index (κ2) is 2.86. The van der Waals surface area contributed by atoms with Crippen molar-refractivity contribution in [2.24, 2.45) is 0 Å². The molecular weight excluding hydrogens is 154 g/mol. The summed E-state index contributed by atoms with van der Waals surface area (Å²) in [6, 6.07) is 0. The number of hydrogen-bond donors (Lipinski definition) is 2. The molecule has 1 atom stereocenters. The molecule has 0 amide bonds. The van der Waals surface area contributed by atoms with Crippen molar-refractivity contribution in [3.05, 3.63) is 0 Å². The van der Waals surface area contributed by atoms with Gasteiger partial charge in [0.05, 0.1) is 11.0 Å². The van der Waals surface area contributed by atoms with E-state index < -0.39 is 9.84 Å². The van der Waals surface area contributed by atoms with Gasteiger partial charge in [0.2, 0.25) is 0 Å². The van der Waals surface area contributed by atoms with Gasteiger partial charge in [0.15, 0.2) is 9.84 Å². The molecule has 1 fully saturated rings. The average molecular weight is 165 g/mol. The molecule has 1 unspecified atom stereocenters. The molecule has 0 aliphatic carbocycles. The number of rotatable bonds is 2. The van der Waals surface area contributed by atoms with Gasteiger partial charge in [-0.3, -0.25) is 0 Å².